The molecule has 0 amide bonds. The summed E-state index contributed by atoms with van der Waals surface area (Å²) in [5, 5.41) is 2.93. The third-order valence-corrected chi connectivity index (χ3v) is 3.65. The highest BCUT2D eigenvalue weighted by Crippen LogP contribution is 2.19. The number of Topliss-reactive ketones (excluding diaryl/α,β-unsaturated/α-hetero) is 2. The summed E-state index contributed by atoms with van der Waals surface area (Å²) >= 11 is 3.33. The first-order valence-corrected chi connectivity index (χ1v) is 7.15. The van der Waals surface area contributed by atoms with E-state index in [1.807, 2.05) is 24.3 Å². The molecule has 104 valence electrons. The highest BCUT2D eigenvalue weighted by molar-refractivity contribution is 9.10. The summed E-state index contributed by atoms with van der Waals surface area (Å²) < 4.78 is 0.960. The van der Waals surface area contributed by atoms with Crippen LogP contribution in [0.4, 0.5) is 5.69 Å². The molecule has 1 aromatic carbocycles. The van der Waals surface area contributed by atoms with Crippen LogP contribution in [0.2, 0.25) is 0 Å². The van der Waals surface area contributed by atoms with E-state index in [9.17, 15) is 14.4 Å². The van der Waals surface area contributed by atoms with Gasteiger partial charge in [0.25, 0.3) is 0 Å². The van der Waals surface area contributed by atoms with Crippen molar-refractivity contribution >= 4 is 39.0 Å². The highest BCUT2D eigenvalue weighted by atomic mass is 79.9. The lowest BCUT2D eigenvalue weighted by atomic mass is 9.84. The Labute approximate surface area is 125 Å². The van der Waals surface area contributed by atoms with E-state index in [1.54, 1.807) is 0 Å². The van der Waals surface area contributed by atoms with Gasteiger partial charge in [-0.2, -0.15) is 0 Å². The molecule has 4 nitrogen and oxygen atoms in total. The Morgan fingerprint density at radius 2 is 1.75 bits per heavy atom. The number of allylic oxidation sites excluding steroid dienone is 1. The molecule has 1 aliphatic rings. The van der Waals surface area contributed by atoms with E-state index in [4.69, 9.17) is 0 Å². The molecule has 20 heavy (non-hydrogen) atoms. The second-order valence-corrected chi connectivity index (χ2v) is 5.52. The number of ketones is 3. The van der Waals surface area contributed by atoms with E-state index in [2.05, 4.69) is 21.2 Å². The molecule has 2 rings (SSSR count). The quantitative estimate of drug-likeness (QED) is 0.678. The van der Waals surface area contributed by atoms with E-state index in [-0.39, 0.29) is 11.6 Å². The molecule has 0 saturated heterocycles. The zero-order chi connectivity index (χ0) is 14.5. The smallest absolute Gasteiger partial charge is 0.175 e. The Hall–Kier alpha value is -1.75. The fourth-order valence-electron chi connectivity index (χ4n) is 2.08. The number of carbonyl (C=O) groups excluding carboxylic acids is 3. The molecule has 0 unspecified atom stereocenters. The third-order valence-electron chi connectivity index (χ3n) is 3.12. The average Bonchev–Trinajstić information content (AvgIpc) is 2.41. The van der Waals surface area contributed by atoms with Crippen molar-refractivity contribution in [3.8, 4) is 0 Å². The lowest BCUT2D eigenvalue weighted by Crippen LogP contribution is -2.34. The van der Waals surface area contributed by atoms with Crippen LogP contribution in [-0.4, -0.2) is 17.3 Å². The number of nitrogens with one attached hydrogen (secondary N) is 1. The summed E-state index contributed by atoms with van der Waals surface area (Å²) in [5.74, 6) is -2.06. The van der Waals surface area contributed by atoms with Crippen LogP contribution < -0.4 is 5.32 Å². The van der Waals surface area contributed by atoms with Gasteiger partial charge in [0.1, 0.15) is 5.92 Å². The van der Waals surface area contributed by atoms with Gasteiger partial charge in [0.15, 0.2) is 17.3 Å². The van der Waals surface area contributed by atoms with Gasteiger partial charge in [0.2, 0.25) is 0 Å². The molecule has 0 spiro atoms. The zero-order valence-electron chi connectivity index (χ0n) is 10.8. The maximum atomic E-state index is 11.9. The van der Waals surface area contributed by atoms with Gasteiger partial charge in [0.05, 0.1) is 0 Å². The van der Waals surface area contributed by atoms with Crippen LogP contribution in [0.15, 0.2) is 41.0 Å². The Morgan fingerprint density at radius 1 is 1.15 bits per heavy atom. The summed E-state index contributed by atoms with van der Waals surface area (Å²) in [5.41, 5.74) is 0.818. The van der Waals surface area contributed by atoms with Gasteiger partial charge in [-0.25, -0.2) is 0 Å². The number of anilines is 1. The first kappa shape index (κ1) is 14.7. The minimum Gasteiger partial charge on any atom is -0.362 e. The van der Waals surface area contributed by atoms with Crippen LogP contribution in [0.1, 0.15) is 19.3 Å². The molecule has 0 bridgehead atoms. The Morgan fingerprint density at radius 3 is 2.35 bits per heavy atom. The van der Waals surface area contributed by atoms with Crippen molar-refractivity contribution in [2.24, 2.45) is 5.92 Å². The highest BCUT2D eigenvalue weighted by Gasteiger charge is 2.34. The van der Waals surface area contributed by atoms with Gasteiger partial charge >= 0.3 is 0 Å². The fraction of sp³-hybridized carbons (Fsp3) is 0.267. The summed E-state index contributed by atoms with van der Waals surface area (Å²) in [4.78, 5) is 35.1. The maximum absolute atomic E-state index is 11.9. The number of halogens is 1. The molecule has 1 N–H and O–H groups in total. The van der Waals surface area contributed by atoms with Crippen molar-refractivity contribution in [3.05, 3.63) is 41.0 Å². The summed E-state index contributed by atoms with van der Waals surface area (Å²) in [6, 6.07) is 7.42. The first-order valence-electron chi connectivity index (χ1n) is 6.36. The van der Waals surface area contributed by atoms with E-state index >= 15 is 0 Å². The van der Waals surface area contributed by atoms with Crippen LogP contribution in [0.3, 0.4) is 0 Å². The van der Waals surface area contributed by atoms with Crippen molar-refractivity contribution in [2.75, 3.05) is 5.32 Å². The number of rotatable bonds is 4. The van der Waals surface area contributed by atoms with Crippen LogP contribution in [0, 0.1) is 5.92 Å². The predicted molar refractivity (Wildman–Crippen MR) is 79.3 cm³/mol. The standard InChI is InChI=1S/C15H14BrNO3/c16-10-4-6-11(7-5-10)17-9-8-14(20)15-12(18)2-1-3-13(15)19/h4-9,15,17H,1-3H2/b9-8-. The number of benzene rings is 1. The van der Waals surface area contributed by atoms with Crippen LogP contribution in [0.5, 0.6) is 0 Å². The molecule has 0 atom stereocenters. The van der Waals surface area contributed by atoms with Crippen molar-refractivity contribution in [1.82, 2.24) is 0 Å². The second-order valence-electron chi connectivity index (χ2n) is 4.61. The predicted octanol–water partition coefficient (Wildman–Crippen LogP) is 2.88. The van der Waals surface area contributed by atoms with E-state index < -0.39 is 11.7 Å². The topological polar surface area (TPSA) is 63.2 Å². The molecule has 0 aromatic heterocycles. The van der Waals surface area contributed by atoms with Gasteiger partial charge in [-0.1, -0.05) is 15.9 Å². The molecular weight excluding hydrogens is 322 g/mol. The summed E-state index contributed by atoms with van der Waals surface area (Å²) in [6.45, 7) is 0. The fourth-order valence-corrected chi connectivity index (χ4v) is 2.35. The van der Waals surface area contributed by atoms with Crippen molar-refractivity contribution in [3.63, 3.8) is 0 Å². The van der Waals surface area contributed by atoms with Crippen LogP contribution in [0.25, 0.3) is 0 Å². The maximum Gasteiger partial charge on any atom is 0.175 e. The molecule has 1 fully saturated rings. The zero-order valence-corrected chi connectivity index (χ0v) is 12.4. The Balaban J connectivity index is 1.96. The number of carbonyl (C=O) groups is 3. The average molecular weight is 336 g/mol. The number of hydrogen-bond donors (Lipinski definition) is 1. The molecule has 0 radical (unpaired) electrons. The van der Waals surface area contributed by atoms with Gasteiger partial charge in [0, 0.05) is 29.2 Å². The van der Waals surface area contributed by atoms with E-state index in [0.29, 0.717) is 19.3 Å². The minimum atomic E-state index is -1.09. The van der Waals surface area contributed by atoms with Gasteiger partial charge in [-0.15, -0.1) is 0 Å². The molecule has 1 aliphatic carbocycles. The normalized spacial score (nSPS) is 16.6. The summed E-state index contributed by atoms with van der Waals surface area (Å²) in [6.07, 6.45) is 3.91. The van der Waals surface area contributed by atoms with Crippen molar-refractivity contribution < 1.29 is 14.4 Å². The molecule has 1 saturated carbocycles. The first-order chi connectivity index (χ1) is 9.58. The molecule has 0 heterocycles. The summed E-state index contributed by atoms with van der Waals surface area (Å²) in [7, 11) is 0. The van der Waals surface area contributed by atoms with Crippen molar-refractivity contribution in [1.29, 1.82) is 0 Å². The second kappa shape index (κ2) is 6.61. The lowest BCUT2D eigenvalue weighted by Gasteiger charge is -2.16. The Kier molecular flexibility index (Phi) is 4.84. The Bertz CT molecular complexity index is 547. The van der Waals surface area contributed by atoms with E-state index in [0.717, 1.165) is 10.2 Å². The monoisotopic (exact) mass is 335 g/mol. The lowest BCUT2D eigenvalue weighted by molar-refractivity contribution is -0.140. The van der Waals surface area contributed by atoms with Crippen LogP contribution in [-0.2, 0) is 14.4 Å². The van der Waals surface area contributed by atoms with Gasteiger partial charge in [-0.05, 0) is 36.8 Å². The van der Waals surface area contributed by atoms with E-state index in [1.165, 1.54) is 12.3 Å². The molecule has 1 aromatic rings. The van der Waals surface area contributed by atoms with Crippen molar-refractivity contribution in [2.45, 2.75) is 19.3 Å². The largest absolute Gasteiger partial charge is 0.362 e. The SMILES string of the molecule is O=C(/C=C\Nc1ccc(Br)cc1)C1C(=O)CCCC1=O. The molecule has 0 aliphatic heterocycles. The van der Waals surface area contributed by atoms with Gasteiger partial charge in [-0.3, -0.25) is 14.4 Å². The molecule has 5 heteroatoms. The molecular formula is C15H14BrNO3. The van der Waals surface area contributed by atoms with Crippen LogP contribution >= 0.6 is 15.9 Å². The number of hydrogen-bond acceptors (Lipinski definition) is 4. The van der Waals surface area contributed by atoms with Gasteiger partial charge < -0.3 is 5.32 Å². The third kappa shape index (κ3) is 3.63. The minimum absolute atomic E-state index is 0.264.